The fourth-order valence-electron chi connectivity index (χ4n) is 1.68. The van der Waals surface area contributed by atoms with Crippen LogP contribution in [0.3, 0.4) is 0 Å². The molecule has 0 saturated heterocycles. The highest BCUT2D eigenvalue weighted by Crippen LogP contribution is 2.29. The molecule has 0 saturated carbocycles. The highest BCUT2D eigenvalue weighted by Gasteiger charge is 2.06. The van der Waals surface area contributed by atoms with Crippen LogP contribution in [0.15, 0.2) is 28.9 Å². The summed E-state index contributed by atoms with van der Waals surface area (Å²) in [6, 6.07) is 6.03. The molecule has 2 N–H and O–H groups in total. The summed E-state index contributed by atoms with van der Waals surface area (Å²) in [7, 11) is 1.67. The van der Waals surface area contributed by atoms with Gasteiger partial charge in [-0.05, 0) is 28.1 Å². The zero-order valence-corrected chi connectivity index (χ0v) is 10.1. The Morgan fingerprint density at radius 1 is 1.47 bits per heavy atom. The van der Waals surface area contributed by atoms with Crippen molar-refractivity contribution in [3.05, 3.63) is 28.9 Å². The van der Waals surface area contributed by atoms with E-state index in [1.807, 2.05) is 18.2 Å². The standard InChI is InChI=1S/C11H13BrN2O/c1-15-8-2-3-9-10(12)7-14(5-4-13)11(9)6-8/h2-3,6-7H,4-5,13H2,1H3. The van der Waals surface area contributed by atoms with Crippen LogP contribution in [0.4, 0.5) is 0 Å². The van der Waals surface area contributed by atoms with Crippen molar-refractivity contribution in [2.75, 3.05) is 13.7 Å². The zero-order valence-electron chi connectivity index (χ0n) is 8.53. The van der Waals surface area contributed by atoms with Crippen LogP contribution in [0.2, 0.25) is 0 Å². The lowest BCUT2D eigenvalue weighted by atomic mass is 10.2. The molecule has 0 amide bonds. The SMILES string of the molecule is COc1ccc2c(Br)cn(CCN)c2c1. The maximum Gasteiger partial charge on any atom is 0.120 e. The molecular formula is C11H13BrN2O. The predicted molar refractivity (Wildman–Crippen MR) is 65.2 cm³/mol. The number of fused-ring (bicyclic) bond motifs is 1. The Hall–Kier alpha value is -1.00. The third kappa shape index (κ3) is 1.87. The molecule has 2 aromatic rings. The summed E-state index contributed by atoms with van der Waals surface area (Å²) < 4.78 is 8.42. The van der Waals surface area contributed by atoms with Gasteiger partial charge in [0.15, 0.2) is 0 Å². The Kier molecular flexibility index (Phi) is 2.98. The van der Waals surface area contributed by atoms with Gasteiger partial charge < -0.3 is 15.0 Å². The van der Waals surface area contributed by atoms with Crippen LogP contribution in [0.25, 0.3) is 10.9 Å². The van der Waals surface area contributed by atoms with Gasteiger partial charge in [-0.1, -0.05) is 0 Å². The molecule has 4 heteroatoms. The quantitative estimate of drug-likeness (QED) is 0.929. The number of hydrogen-bond acceptors (Lipinski definition) is 2. The average molecular weight is 269 g/mol. The van der Waals surface area contributed by atoms with Gasteiger partial charge in [-0.25, -0.2) is 0 Å². The third-order valence-corrected chi connectivity index (χ3v) is 3.04. The highest BCUT2D eigenvalue weighted by molar-refractivity contribution is 9.10. The first-order valence-corrected chi connectivity index (χ1v) is 5.58. The lowest BCUT2D eigenvalue weighted by molar-refractivity contribution is 0.415. The first-order chi connectivity index (χ1) is 7.26. The lowest BCUT2D eigenvalue weighted by Gasteiger charge is -2.04. The van der Waals surface area contributed by atoms with Crippen molar-refractivity contribution in [2.24, 2.45) is 5.73 Å². The second-order valence-electron chi connectivity index (χ2n) is 3.34. The van der Waals surface area contributed by atoms with Crippen molar-refractivity contribution in [1.82, 2.24) is 4.57 Å². The summed E-state index contributed by atoms with van der Waals surface area (Å²) in [5.74, 6) is 0.867. The molecule has 0 aliphatic rings. The largest absolute Gasteiger partial charge is 0.497 e. The van der Waals surface area contributed by atoms with E-state index in [0.717, 1.165) is 22.3 Å². The van der Waals surface area contributed by atoms with Crippen LogP contribution in [0.1, 0.15) is 0 Å². The monoisotopic (exact) mass is 268 g/mol. The van der Waals surface area contributed by atoms with Crippen LogP contribution in [-0.4, -0.2) is 18.2 Å². The molecule has 0 bridgehead atoms. The van der Waals surface area contributed by atoms with Crippen molar-refractivity contribution >= 4 is 26.8 Å². The molecule has 1 aromatic heterocycles. The Labute approximate surface area is 96.9 Å². The minimum Gasteiger partial charge on any atom is -0.497 e. The number of nitrogens with two attached hydrogens (primary N) is 1. The second kappa shape index (κ2) is 4.24. The summed E-state index contributed by atoms with van der Waals surface area (Å²) >= 11 is 3.53. The average Bonchev–Trinajstić information content (AvgIpc) is 2.56. The molecule has 2 rings (SSSR count). The van der Waals surface area contributed by atoms with Gasteiger partial charge >= 0.3 is 0 Å². The first-order valence-electron chi connectivity index (χ1n) is 4.78. The summed E-state index contributed by atoms with van der Waals surface area (Å²) in [6.45, 7) is 1.45. The normalized spacial score (nSPS) is 10.9. The van der Waals surface area contributed by atoms with Crippen molar-refractivity contribution in [2.45, 2.75) is 6.54 Å². The van der Waals surface area contributed by atoms with Crippen molar-refractivity contribution < 1.29 is 4.74 Å². The number of nitrogens with zero attached hydrogens (tertiary/aromatic N) is 1. The fourth-order valence-corrected chi connectivity index (χ4v) is 2.26. The molecule has 0 radical (unpaired) electrons. The van der Waals surface area contributed by atoms with Crippen molar-refractivity contribution in [3.63, 3.8) is 0 Å². The Morgan fingerprint density at radius 3 is 2.93 bits per heavy atom. The fraction of sp³-hybridized carbons (Fsp3) is 0.273. The van der Waals surface area contributed by atoms with Gasteiger partial charge in [-0.15, -0.1) is 0 Å². The van der Waals surface area contributed by atoms with E-state index in [4.69, 9.17) is 10.5 Å². The molecule has 0 spiro atoms. The third-order valence-electron chi connectivity index (χ3n) is 2.41. The Bertz CT molecular complexity index is 479. The topological polar surface area (TPSA) is 40.2 Å². The minimum absolute atomic E-state index is 0.632. The molecule has 0 atom stereocenters. The summed E-state index contributed by atoms with van der Waals surface area (Å²) in [4.78, 5) is 0. The van der Waals surface area contributed by atoms with Crippen LogP contribution in [0, 0.1) is 0 Å². The van der Waals surface area contributed by atoms with Crippen LogP contribution >= 0.6 is 15.9 Å². The van der Waals surface area contributed by atoms with Crippen LogP contribution in [0.5, 0.6) is 5.75 Å². The van der Waals surface area contributed by atoms with Gasteiger partial charge in [0.05, 0.1) is 12.6 Å². The maximum absolute atomic E-state index is 5.56. The predicted octanol–water partition coefficient (Wildman–Crippen LogP) is 2.37. The van der Waals surface area contributed by atoms with E-state index in [0.29, 0.717) is 6.54 Å². The number of halogens is 1. The van der Waals surface area contributed by atoms with Gasteiger partial charge in [-0.2, -0.15) is 0 Å². The van der Waals surface area contributed by atoms with Crippen LogP contribution in [-0.2, 0) is 6.54 Å². The number of methoxy groups -OCH3 is 1. The Balaban J connectivity index is 2.60. The molecule has 1 heterocycles. The lowest BCUT2D eigenvalue weighted by Crippen LogP contribution is -2.08. The summed E-state index contributed by atoms with van der Waals surface area (Å²) in [5, 5.41) is 1.18. The first kappa shape index (κ1) is 10.5. The van der Waals surface area contributed by atoms with Gasteiger partial charge in [0.1, 0.15) is 5.75 Å². The smallest absolute Gasteiger partial charge is 0.120 e. The minimum atomic E-state index is 0.632. The van der Waals surface area contributed by atoms with Gasteiger partial charge in [0.25, 0.3) is 0 Å². The second-order valence-corrected chi connectivity index (χ2v) is 4.20. The van der Waals surface area contributed by atoms with Gasteiger partial charge in [-0.3, -0.25) is 0 Å². The van der Waals surface area contributed by atoms with Crippen molar-refractivity contribution in [1.29, 1.82) is 0 Å². The molecule has 0 fully saturated rings. The number of ether oxygens (including phenoxy) is 1. The Morgan fingerprint density at radius 2 is 2.27 bits per heavy atom. The number of rotatable bonds is 3. The van der Waals surface area contributed by atoms with E-state index in [2.05, 4.69) is 26.7 Å². The number of aromatic nitrogens is 1. The van der Waals surface area contributed by atoms with E-state index < -0.39 is 0 Å². The van der Waals surface area contributed by atoms with Crippen molar-refractivity contribution in [3.8, 4) is 5.75 Å². The molecule has 3 nitrogen and oxygen atoms in total. The van der Waals surface area contributed by atoms with E-state index in [1.165, 1.54) is 5.39 Å². The molecular weight excluding hydrogens is 256 g/mol. The van der Waals surface area contributed by atoms with E-state index in [-0.39, 0.29) is 0 Å². The summed E-state index contributed by atoms with van der Waals surface area (Å²) in [5.41, 5.74) is 6.71. The van der Waals surface area contributed by atoms with Gasteiger partial charge in [0, 0.05) is 35.2 Å². The van der Waals surface area contributed by atoms with Crippen LogP contribution < -0.4 is 10.5 Å². The zero-order chi connectivity index (χ0) is 10.8. The summed E-state index contributed by atoms with van der Waals surface area (Å²) in [6.07, 6.45) is 2.05. The van der Waals surface area contributed by atoms with E-state index in [1.54, 1.807) is 7.11 Å². The molecule has 0 aliphatic heterocycles. The molecule has 0 aliphatic carbocycles. The van der Waals surface area contributed by atoms with E-state index >= 15 is 0 Å². The highest BCUT2D eigenvalue weighted by atomic mass is 79.9. The molecule has 0 unspecified atom stereocenters. The number of benzene rings is 1. The molecule has 1 aromatic carbocycles. The number of hydrogen-bond donors (Lipinski definition) is 1. The van der Waals surface area contributed by atoms with Gasteiger partial charge in [0.2, 0.25) is 0 Å². The maximum atomic E-state index is 5.56. The molecule has 15 heavy (non-hydrogen) atoms. The molecule has 80 valence electrons. The van der Waals surface area contributed by atoms with E-state index in [9.17, 15) is 0 Å².